The van der Waals surface area contributed by atoms with Gasteiger partial charge in [0.05, 0.1) is 0 Å². The number of hydrogen-bond acceptors (Lipinski definition) is 2. The van der Waals surface area contributed by atoms with E-state index in [1.165, 1.54) is 32.0 Å². The van der Waals surface area contributed by atoms with Gasteiger partial charge in [0.1, 0.15) is 6.29 Å². The van der Waals surface area contributed by atoms with E-state index in [2.05, 4.69) is 5.32 Å². The molecule has 2 rings (SSSR count). The molecule has 2 aliphatic rings. The molecule has 1 heterocycles. The standard InChI is InChI=1S/C10H17NO/c12-8-10-5-2-1-4-9(10)11-7-3-6-10/h8-9,11H,1-7H2/t9-,10+/m0/s1. The molecule has 0 amide bonds. The molecule has 0 aromatic heterocycles. The molecule has 1 aliphatic heterocycles. The zero-order valence-corrected chi connectivity index (χ0v) is 7.51. The maximum absolute atomic E-state index is 11.1. The van der Waals surface area contributed by atoms with Crippen molar-refractivity contribution in [3.63, 3.8) is 0 Å². The maximum Gasteiger partial charge on any atom is 0.127 e. The second-order valence-corrected chi connectivity index (χ2v) is 4.21. The number of fused-ring (bicyclic) bond motifs is 1. The molecule has 0 radical (unpaired) electrons. The summed E-state index contributed by atoms with van der Waals surface area (Å²) in [5, 5.41) is 3.48. The lowest BCUT2D eigenvalue weighted by molar-refractivity contribution is -0.121. The first kappa shape index (κ1) is 8.24. The van der Waals surface area contributed by atoms with E-state index in [0.717, 1.165) is 19.4 Å². The predicted molar refractivity (Wildman–Crippen MR) is 48.0 cm³/mol. The van der Waals surface area contributed by atoms with Gasteiger partial charge in [0, 0.05) is 11.5 Å². The lowest BCUT2D eigenvalue weighted by atomic mass is 9.67. The van der Waals surface area contributed by atoms with E-state index in [9.17, 15) is 4.79 Å². The van der Waals surface area contributed by atoms with E-state index in [1.54, 1.807) is 0 Å². The molecule has 1 N–H and O–H groups in total. The number of carbonyl (C=O) groups excluding carboxylic acids is 1. The van der Waals surface area contributed by atoms with Gasteiger partial charge >= 0.3 is 0 Å². The second kappa shape index (κ2) is 3.17. The lowest BCUT2D eigenvalue weighted by Crippen LogP contribution is -2.52. The van der Waals surface area contributed by atoms with Crippen molar-refractivity contribution in [1.82, 2.24) is 5.32 Å². The smallest absolute Gasteiger partial charge is 0.127 e. The van der Waals surface area contributed by atoms with E-state index >= 15 is 0 Å². The molecule has 0 aromatic rings. The molecule has 68 valence electrons. The summed E-state index contributed by atoms with van der Waals surface area (Å²) in [5.74, 6) is 0. The van der Waals surface area contributed by atoms with Gasteiger partial charge < -0.3 is 10.1 Å². The van der Waals surface area contributed by atoms with Gasteiger partial charge in [-0.05, 0) is 32.2 Å². The summed E-state index contributed by atoms with van der Waals surface area (Å²) < 4.78 is 0. The number of nitrogens with one attached hydrogen (secondary N) is 1. The van der Waals surface area contributed by atoms with E-state index < -0.39 is 0 Å². The van der Waals surface area contributed by atoms with E-state index in [0.29, 0.717) is 6.04 Å². The van der Waals surface area contributed by atoms with Gasteiger partial charge in [-0.25, -0.2) is 0 Å². The van der Waals surface area contributed by atoms with Crippen LogP contribution in [0, 0.1) is 5.41 Å². The van der Waals surface area contributed by atoms with Gasteiger partial charge in [-0.15, -0.1) is 0 Å². The molecule has 2 heteroatoms. The normalized spacial score (nSPS) is 41.8. The Labute approximate surface area is 73.7 Å². The minimum absolute atomic E-state index is 0.0243. The molecule has 2 fully saturated rings. The van der Waals surface area contributed by atoms with Crippen LogP contribution in [-0.4, -0.2) is 18.9 Å². The fourth-order valence-corrected chi connectivity index (χ4v) is 2.76. The van der Waals surface area contributed by atoms with Crippen molar-refractivity contribution < 1.29 is 4.79 Å². The quantitative estimate of drug-likeness (QED) is 0.600. The fraction of sp³-hybridized carbons (Fsp3) is 0.900. The average Bonchev–Trinajstić information content (AvgIpc) is 2.18. The number of rotatable bonds is 1. The van der Waals surface area contributed by atoms with Crippen LogP contribution in [0.1, 0.15) is 38.5 Å². The third-order valence-corrected chi connectivity index (χ3v) is 3.52. The average molecular weight is 167 g/mol. The lowest BCUT2D eigenvalue weighted by Gasteiger charge is -2.44. The van der Waals surface area contributed by atoms with Gasteiger partial charge in [-0.3, -0.25) is 0 Å². The van der Waals surface area contributed by atoms with Gasteiger partial charge in [-0.2, -0.15) is 0 Å². The van der Waals surface area contributed by atoms with Crippen molar-refractivity contribution in [2.75, 3.05) is 6.54 Å². The molecule has 1 aliphatic carbocycles. The van der Waals surface area contributed by atoms with Crippen LogP contribution in [0.25, 0.3) is 0 Å². The zero-order valence-electron chi connectivity index (χ0n) is 7.51. The highest BCUT2D eigenvalue weighted by Gasteiger charge is 2.41. The van der Waals surface area contributed by atoms with E-state index in [-0.39, 0.29) is 5.41 Å². The Morgan fingerprint density at radius 1 is 1.25 bits per heavy atom. The number of aldehydes is 1. The molecule has 12 heavy (non-hydrogen) atoms. The fourth-order valence-electron chi connectivity index (χ4n) is 2.76. The number of piperidine rings is 1. The highest BCUT2D eigenvalue weighted by Crippen LogP contribution is 2.40. The first-order valence-electron chi connectivity index (χ1n) is 5.07. The van der Waals surface area contributed by atoms with Gasteiger partial charge in [0.25, 0.3) is 0 Å². The minimum atomic E-state index is 0.0243. The Morgan fingerprint density at radius 2 is 2.08 bits per heavy atom. The summed E-state index contributed by atoms with van der Waals surface area (Å²) in [6.45, 7) is 1.11. The summed E-state index contributed by atoms with van der Waals surface area (Å²) in [5.41, 5.74) is 0.0243. The Bertz CT molecular complexity index is 167. The van der Waals surface area contributed by atoms with Crippen molar-refractivity contribution >= 4 is 6.29 Å². The van der Waals surface area contributed by atoms with Crippen LogP contribution in [0.5, 0.6) is 0 Å². The van der Waals surface area contributed by atoms with Crippen LogP contribution in [0.4, 0.5) is 0 Å². The van der Waals surface area contributed by atoms with Crippen molar-refractivity contribution in [3.05, 3.63) is 0 Å². The predicted octanol–water partition coefficient (Wildman–Crippen LogP) is 1.50. The van der Waals surface area contributed by atoms with Crippen molar-refractivity contribution in [1.29, 1.82) is 0 Å². The van der Waals surface area contributed by atoms with E-state index in [4.69, 9.17) is 0 Å². The van der Waals surface area contributed by atoms with E-state index in [1.807, 2.05) is 0 Å². The molecule has 2 atom stereocenters. The molecule has 0 bridgehead atoms. The summed E-state index contributed by atoms with van der Waals surface area (Å²) >= 11 is 0. The summed E-state index contributed by atoms with van der Waals surface area (Å²) in [6.07, 6.45) is 8.39. The Hall–Kier alpha value is -0.370. The molecule has 0 aromatic carbocycles. The van der Waals surface area contributed by atoms with Crippen LogP contribution in [0.2, 0.25) is 0 Å². The summed E-state index contributed by atoms with van der Waals surface area (Å²) in [6, 6.07) is 0.498. The molecule has 0 unspecified atom stereocenters. The van der Waals surface area contributed by atoms with Crippen molar-refractivity contribution in [2.45, 2.75) is 44.6 Å². The monoisotopic (exact) mass is 167 g/mol. The van der Waals surface area contributed by atoms with Crippen LogP contribution >= 0.6 is 0 Å². The van der Waals surface area contributed by atoms with Gasteiger partial charge in [0.2, 0.25) is 0 Å². The Kier molecular flexibility index (Phi) is 2.18. The topological polar surface area (TPSA) is 29.1 Å². The highest BCUT2D eigenvalue weighted by molar-refractivity contribution is 5.61. The molecule has 2 nitrogen and oxygen atoms in total. The van der Waals surface area contributed by atoms with Crippen LogP contribution in [-0.2, 0) is 4.79 Å². The Morgan fingerprint density at radius 3 is 2.83 bits per heavy atom. The van der Waals surface area contributed by atoms with Crippen molar-refractivity contribution in [2.24, 2.45) is 5.41 Å². The molecular weight excluding hydrogens is 150 g/mol. The highest BCUT2D eigenvalue weighted by atomic mass is 16.1. The molecule has 1 saturated carbocycles. The SMILES string of the molecule is O=C[C@]12CCCC[C@@H]1NCCC2. The van der Waals surface area contributed by atoms with Gasteiger partial charge in [0.15, 0.2) is 0 Å². The Balaban J connectivity index is 2.15. The maximum atomic E-state index is 11.1. The summed E-state index contributed by atoms with van der Waals surface area (Å²) in [4.78, 5) is 11.1. The zero-order chi connectivity index (χ0) is 8.44. The third-order valence-electron chi connectivity index (χ3n) is 3.52. The van der Waals surface area contributed by atoms with Crippen molar-refractivity contribution in [3.8, 4) is 0 Å². The van der Waals surface area contributed by atoms with Gasteiger partial charge in [-0.1, -0.05) is 12.8 Å². The second-order valence-electron chi connectivity index (χ2n) is 4.21. The molecule has 1 saturated heterocycles. The minimum Gasteiger partial charge on any atom is -0.313 e. The largest absolute Gasteiger partial charge is 0.313 e. The molecule has 0 spiro atoms. The number of hydrogen-bond donors (Lipinski definition) is 1. The first-order chi connectivity index (χ1) is 5.87. The molecular formula is C10H17NO. The summed E-state index contributed by atoms with van der Waals surface area (Å²) in [7, 11) is 0. The van der Waals surface area contributed by atoms with Crippen LogP contribution in [0.3, 0.4) is 0 Å². The number of carbonyl (C=O) groups is 1. The van der Waals surface area contributed by atoms with Crippen LogP contribution < -0.4 is 5.32 Å². The third kappa shape index (κ3) is 1.18. The first-order valence-corrected chi connectivity index (χ1v) is 5.07. The van der Waals surface area contributed by atoms with Crippen LogP contribution in [0.15, 0.2) is 0 Å².